The van der Waals surface area contributed by atoms with Crippen LogP contribution in [0.3, 0.4) is 0 Å². The number of benzene rings is 2. The number of likely N-dealkylation sites (tertiary alicyclic amines) is 2. The van der Waals surface area contributed by atoms with Gasteiger partial charge >= 0.3 is 0 Å². The summed E-state index contributed by atoms with van der Waals surface area (Å²) in [5.74, 6) is 0.637. The summed E-state index contributed by atoms with van der Waals surface area (Å²) in [5, 5.41) is 0. The maximum atomic E-state index is 13.9. The fraction of sp³-hybridized carbons (Fsp3) is 0.433. The molecule has 0 unspecified atom stereocenters. The molecule has 2 aromatic carbocycles. The minimum atomic E-state index is -0.738. The molecule has 0 atom stereocenters. The highest BCUT2D eigenvalue weighted by atomic mass is 16.2. The molecule has 7 heteroatoms. The topological polar surface area (TPSA) is 64.2 Å². The Hall–Kier alpha value is -3.61. The number of rotatable bonds is 5. The van der Waals surface area contributed by atoms with Crippen molar-refractivity contribution in [3.63, 3.8) is 0 Å². The van der Waals surface area contributed by atoms with Gasteiger partial charge in [0.25, 0.3) is 5.91 Å². The van der Waals surface area contributed by atoms with E-state index < -0.39 is 5.54 Å². The van der Waals surface area contributed by atoms with Gasteiger partial charge in [-0.05, 0) is 55.4 Å². The van der Waals surface area contributed by atoms with Crippen LogP contribution >= 0.6 is 0 Å². The van der Waals surface area contributed by atoms with Crippen LogP contribution in [0.15, 0.2) is 66.7 Å². The lowest BCUT2D eigenvalue weighted by Gasteiger charge is -2.43. The van der Waals surface area contributed by atoms with Gasteiger partial charge in [-0.15, -0.1) is 0 Å². The normalized spacial score (nSPS) is 20.3. The molecule has 3 saturated heterocycles. The Bertz CT molecular complexity index is 1130. The van der Waals surface area contributed by atoms with Gasteiger partial charge in [0.2, 0.25) is 11.8 Å². The monoisotopic (exact) mass is 500 g/mol. The average Bonchev–Trinajstić information content (AvgIpc) is 3.19. The van der Waals surface area contributed by atoms with Crippen LogP contribution in [0.4, 0.5) is 5.69 Å². The van der Waals surface area contributed by atoms with Gasteiger partial charge in [0, 0.05) is 37.9 Å². The highest BCUT2D eigenvalue weighted by Gasteiger charge is 2.54. The number of para-hydroxylation sites is 1. The van der Waals surface area contributed by atoms with Crippen molar-refractivity contribution >= 4 is 29.5 Å². The molecule has 0 N–H and O–H groups in total. The predicted molar refractivity (Wildman–Crippen MR) is 144 cm³/mol. The first-order valence-electron chi connectivity index (χ1n) is 13.4. The molecule has 194 valence electrons. The van der Waals surface area contributed by atoms with Gasteiger partial charge in [0.05, 0.1) is 6.67 Å². The molecule has 3 aliphatic heterocycles. The molecule has 3 heterocycles. The molecule has 37 heavy (non-hydrogen) atoms. The lowest BCUT2D eigenvalue weighted by molar-refractivity contribution is -0.142. The first-order valence-corrected chi connectivity index (χ1v) is 13.4. The SMILES string of the molecule is CC1CCN(C(=O)CN2CN(c3ccccc3)C3(CCN(C(=O)C=Cc4ccccc4)CC3)C2=O)CC1. The summed E-state index contributed by atoms with van der Waals surface area (Å²) in [4.78, 5) is 47.5. The third-order valence-electron chi connectivity index (χ3n) is 8.16. The number of hydrogen-bond donors (Lipinski definition) is 0. The molecular formula is C30H36N4O3. The molecule has 2 aromatic rings. The highest BCUT2D eigenvalue weighted by Crippen LogP contribution is 2.39. The van der Waals surface area contributed by atoms with E-state index in [4.69, 9.17) is 0 Å². The molecular weight excluding hydrogens is 464 g/mol. The Morgan fingerprint density at radius 2 is 1.51 bits per heavy atom. The van der Waals surface area contributed by atoms with Crippen molar-refractivity contribution in [3.05, 3.63) is 72.3 Å². The molecule has 3 amide bonds. The largest absolute Gasteiger partial charge is 0.341 e. The van der Waals surface area contributed by atoms with Crippen LogP contribution in [0, 0.1) is 5.92 Å². The van der Waals surface area contributed by atoms with E-state index >= 15 is 0 Å². The molecule has 0 aliphatic carbocycles. The lowest BCUT2D eigenvalue weighted by Crippen LogP contribution is -2.57. The molecule has 3 aliphatic rings. The van der Waals surface area contributed by atoms with Crippen molar-refractivity contribution in [2.45, 2.75) is 38.1 Å². The van der Waals surface area contributed by atoms with E-state index in [9.17, 15) is 14.4 Å². The Morgan fingerprint density at radius 1 is 0.892 bits per heavy atom. The Morgan fingerprint density at radius 3 is 2.16 bits per heavy atom. The average molecular weight is 501 g/mol. The summed E-state index contributed by atoms with van der Waals surface area (Å²) in [6, 6.07) is 19.7. The number of piperidine rings is 2. The first-order chi connectivity index (χ1) is 18.0. The maximum absolute atomic E-state index is 13.9. The zero-order chi connectivity index (χ0) is 25.8. The van der Waals surface area contributed by atoms with E-state index in [0.717, 1.165) is 37.2 Å². The van der Waals surface area contributed by atoms with Crippen LogP contribution < -0.4 is 4.90 Å². The van der Waals surface area contributed by atoms with Crippen LogP contribution in [-0.2, 0) is 14.4 Å². The van der Waals surface area contributed by atoms with E-state index in [0.29, 0.717) is 38.5 Å². The summed E-state index contributed by atoms with van der Waals surface area (Å²) < 4.78 is 0. The highest BCUT2D eigenvalue weighted by molar-refractivity contribution is 5.97. The second-order valence-electron chi connectivity index (χ2n) is 10.6. The van der Waals surface area contributed by atoms with Crippen molar-refractivity contribution in [2.75, 3.05) is 44.3 Å². The Kier molecular flexibility index (Phi) is 7.31. The van der Waals surface area contributed by atoms with Crippen molar-refractivity contribution in [1.82, 2.24) is 14.7 Å². The smallest absolute Gasteiger partial charge is 0.250 e. The molecule has 3 fully saturated rings. The van der Waals surface area contributed by atoms with Gasteiger partial charge < -0.3 is 19.6 Å². The van der Waals surface area contributed by atoms with Crippen molar-refractivity contribution < 1.29 is 14.4 Å². The van der Waals surface area contributed by atoms with E-state index in [2.05, 4.69) is 11.8 Å². The minimum absolute atomic E-state index is 0.00186. The summed E-state index contributed by atoms with van der Waals surface area (Å²) in [5.41, 5.74) is 1.22. The van der Waals surface area contributed by atoms with E-state index in [1.54, 1.807) is 11.0 Å². The summed E-state index contributed by atoms with van der Waals surface area (Å²) in [7, 11) is 0. The fourth-order valence-electron chi connectivity index (χ4n) is 5.78. The van der Waals surface area contributed by atoms with E-state index in [1.807, 2.05) is 76.5 Å². The molecule has 0 radical (unpaired) electrons. The molecule has 0 aromatic heterocycles. The van der Waals surface area contributed by atoms with Gasteiger partial charge in [0.1, 0.15) is 12.1 Å². The molecule has 1 spiro atoms. The van der Waals surface area contributed by atoms with E-state index in [1.165, 1.54) is 0 Å². The summed E-state index contributed by atoms with van der Waals surface area (Å²) in [6.45, 7) is 5.26. The zero-order valence-corrected chi connectivity index (χ0v) is 21.6. The van der Waals surface area contributed by atoms with Gasteiger partial charge in [-0.2, -0.15) is 0 Å². The van der Waals surface area contributed by atoms with Gasteiger partial charge in [0.15, 0.2) is 0 Å². The lowest BCUT2D eigenvalue weighted by atomic mass is 9.85. The van der Waals surface area contributed by atoms with Crippen LogP contribution in [0.2, 0.25) is 0 Å². The van der Waals surface area contributed by atoms with Gasteiger partial charge in [-0.3, -0.25) is 14.4 Å². The number of hydrogen-bond acceptors (Lipinski definition) is 4. The summed E-state index contributed by atoms with van der Waals surface area (Å²) >= 11 is 0. The van der Waals surface area contributed by atoms with Gasteiger partial charge in [-0.25, -0.2) is 0 Å². The zero-order valence-electron chi connectivity index (χ0n) is 21.6. The van der Waals surface area contributed by atoms with E-state index in [-0.39, 0.29) is 24.3 Å². The Labute approximate surface area is 219 Å². The number of amides is 3. The summed E-state index contributed by atoms with van der Waals surface area (Å²) in [6.07, 6.45) is 6.56. The standard InChI is InChI=1S/C30H36N4O3/c1-24-14-18-31(19-15-24)28(36)22-33-23-34(26-10-6-3-7-11-26)30(29(33)37)16-20-32(21-17-30)27(35)13-12-25-8-4-2-5-9-25/h2-13,24H,14-23H2,1H3. The molecule has 0 bridgehead atoms. The quantitative estimate of drug-likeness (QED) is 0.589. The van der Waals surface area contributed by atoms with Crippen LogP contribution in [0.5, 0.6) is 0 Å². The third-order valence-corrected chi connectivity index (χ3v) is 8.16. The Balaban J connectivity index is 1.29. The van der Waals surface area contributed by atoms with Gasteiger partial charge in [-0.1, -0.05) is 55.5 Å². The third kappa shape index (κ3) is 5.26. The first kappa shape index (κ1) is 25.1. The van der Waals surface area contributed by atoms with Crippen LogP contribution in [0.25, 0.3) is 6.08 Å². The van der Waals surface area contributed by atoms with Crippen molar-refractivity contribution in [3.8, 4) is 0 Å². The number of nitrogens with zero attached hydrogens (tertiary/aromatic N) is 4. The van der Waals surface area contributed by atoms with Crippen molar-refractivity contribution in [2.24, 2.45) is 5.92 Å². The molecule has 0 saturated carbocycles. The maximum Gasteiger partial charge on any atom is 0.250 e. The predicted octanol–water partition coefficient (Wildman–Crippen LogP) is 3.63. The molecule has 7 nitrogen and oxygen atoms in total. The van der Waals surface area contributed by atoms with Crippen LogP contribution in [0.1, 0.15) is 38.2 Å². The van der Waals surface area contributed by atoms with Crippen molar-refractivity contribution in [1.29, 1.82) is 0 Å². The second-order valence-corrected chi connectivity index (χ2v) is 10.6. The fourth-order valence-corrected chi connectivity index (χ4v) is 5.78. The number of carbonyl (C=O) groups excluding carboxylic acids is 3. The van der Waals surface area contributed by atoms with Crippen LogP contribution in [-0.4, -0.2) is 77.4 Å². The number of anilines is 1. The molecule has 5 rings (SSSR count). The minimum Gasteiger partial charge on any atom is -0.341 e. The number of carbonyl (C=O) groups is 3. The second kappa shape index (κ2) is 10.8.